The van der Waals surface area contributed by atoms with E-state index < -0.39 is 6.03 Å². The van der Waals surface area contributed by atoms with Crippen molar-refractivity contribution in [1.82, 2.24) is 10.6 Å². The molecule has 0 atom stereocenters. The van der Waals surface area contributed by atoms with Crippen LogP contribution in [0.2, 0.25) is 0 Å². The van der Waals surface area contributed by atoms with Crippen molar-refractivity contribution in [3.05, 3.63) is 65.7 Å². The van der Waals surface area contributed by atoms with Crippen LogP contribution in [0.1, 0.15) is 11.1 Å². The van der Waals surface area contributed by atoms with Gasteiger partial charge in [0.15, 0.2) is 0 Å². The molecule has 0 heterocycles. The molecule has 0 saturated carbocycles. The fourth-order valence-corrected chi connectivity index (χ4v) is 2.07. The zero-order chi connectivity index (χ0) is 17.2. The lowest BCUT2D eigenvalue weighted by Crippen LogP contribution is -2.40. The molecule has 0 aliphatic rings. The number of hydrogen-bond acceptors (Lipinski definition) is 3. The minimum atomic E-state index is -0.408. The Morgan fingerprint density at radius 3 is 2.54 bits per heavy atom. The van der Waals surface area contributed by atoms with E-state index in [9.17, 15) is 9.59 Å². The standard InChI is InChI=1S/C18H18N4O2/c19-12-15-6-4-5-14(11-15)9-10-20-18(24)21-13-17(23)22-16-7-2-1-3-8-16/h1-8,11H,9-10,13H2,(H,22,23)(H2,20,21,24). The maximum atomic E-state index is 11.7. The Hall–Kier alpha value is -3.33. The molecule has 24 heavy (non-hydrogen) atoms. The maximum Gasteiger partial charge on any atom is 0.315 e. The van der Waals surface area contributed by atoms with Crippen LogP contribution in [0, 0.1) is 11.3 Å². The van der Waals surface area contributed by atoms with Crippen molar-refractivity contribution in [2.24, 2.45) is 0 Å². The third-order valence-electron chi connectivity index (χ3n) is 3.22. The highest BCUT2D eigenvalue weighted by atomic mass is 16.2. The van der Waals surface area contributed by atoms with Crippen molar-refractivity contribution >= 4 is 17.6 Å². The Morgan fingerprint density at radius 2 is 1.79 bits per heavy atom. The predicted octanol–water partition coefficient (Wildman–Crippen LogP) is 2.04. The second kappa shape index (κ2) is 8.96. The quantitative estimate of drug-likeness (QED) is 0.759. The van der Waals surface area contributed by atoms with Crippen LogP contribution in [0.4, 0.5) is 10.5 Å². The highest BCUT2D eigenvalue weighted by molar-refractivity contribution is 5.94. The number of nitrogens with zero attached hydrogens (tertiary/aromatic N) is 1. The number of carbonyl (C=O) groups excluding carboxylic acids is 2. The van der Waals surface area contributed by atoms with E-state index in [0.29, 0.717) is 24.2 Å². The summed E-state index contributed by atoms with van der Waals surface area (Å²) in [4.78, 5) is 23.4. The van der Waals surface area contributed by atoms with Gasteiger partial charge < -0.3 is 16.0 Å². The van der Waals surface area contributed by atoms with Crippen LogP contribution >= 0.6 is 0 Å². The summed E-state index contributed by atoms with van der Waals surface area (Å²) >= 11 is 0. The number of hydrogen-bond donors (Lipinski definition) is 3. The highest BCUT2D eigenvalue weighted by Gasteiger charge is 2.05. The third kappa shape index (κ3) is 5.81. The van der Waals surface area contributed by atoms with Crippen LogP contribution in [-0.2, 0) is 11.2 Å². The molecule has 0 bridgehead atoms. The van der Waals surface area contributed by atoms with Gasteiger partial charge in [-0.1, -0.05) is 30.3 Å². The first kappa shape index (κ1) is 17.0. The first-order valence-corrected chi connectivity index (χ1v) is 7.53. The first-order chi connectivity index (χ1) is 11.7. The minimum absolute atomic E-state index is 0.107. The summed E-state index contributed by atoms with van der Waals surface area (Å²) in [5.74, 6) is -0.293. The van der Waals surface area contributed by atoms with Crippen LogP contribution in [0.25, 0.3) is 0 Å². The lowest BCUT2D eigenvalue weighted by atomic mass is 10.1. The largest absolute Gasteiger partial charge is 0.338 e. The van der Waals surface area contributed by atoms with Crippen molar-refractivity contribution < 1.29 is 9.59 Å². The van der Waals surface area contributed by atoms with E-state index in [4.69, 9.17) is 5.26 Å². The smallest absolute Gasteiger partial charge is 0.315 e. The van der Waals surface area contributed by atoms with E-state index in [1.54, 1.807) is 24.3 Å². The number of urea groups is 1. The molecule has 0 aliphatic carbocycles. The highest BCUT2D eigenvalue weighted by Crippen LogP contribution is 2.05. The zero-order valence-corrected chi connectivity index (χ0v) is 13.1. The van der Waals surface area contributed by atoms with Gasteiger partial charge in [-0.2, -0.15) is 5.26 Å². The summed E-state index contributed by atoms with van der Waals surface area (Å²) in [6, 6.07) is 17.9. The van der Waals surface area contributed by atoms with Crippen molar-refractivity contribution in [3.63, 3.8) is 0 Å². The molecule has 3 amide bonds. The molecule has 0 unspecified atom stereocenters. The zero-order valence-electron chi connectivity index (χ0n) is 13.1. The Kier molecular flexibility index (Phi) is 6.35. The average molecular weight is 322 g/mol. The summed E-state index contributed by atoms with van der Waals surface area (Å²) in [7, 11) is 0. The molecule has 2 aromatic rings. The van der Waals surface area contributed by atoms with Gasteiger partial charge in [0.25, 0.3) is 0 Å². The van der Waals surface area contributed by atoms with Crippen LogP contribution < -0.4 is 16.0 Å². The van der Waals surface area contributed by atoms with Gasteiger partial charge in [0.2, 0.25) is 5.91 Å². The Morgan fingerprint density at radius 1 is 1.00 bits per heavy atom. The third-order valence-corrected chi connectivity index (χ3v) is 3.22. The number of nitriles is 1. The fraction of sp³-hybridized carbons (Fsp3) is 0.167. The minimum Gasteiger partial charge on any atom is -0.338 e. The normalized spacial score (nSPS) is 9.62. The van der Waals surface area contributed by atoms with Gasteiger partial charge >= 0.3 is 6.03 Å². The maximum absolute atomic E-state index is 11.7. The lowest BCUT2D eigenvalue weighted by Gasteiger charge is -2.08. The summed E-state index contributed by atoms with van der Waals surface area (Å²) in [5.41, 5.74) is 2.24. The molecule has 6 heteroatoms. The molecule has 0 aromatic heterocycles. The molecule has 0 saturated heterocycles. The van der Waals surface area contributed by atoms with E-state index in [0.717, 1.165) is 5.56 Å². The number of carbonyl (C=O) groups is 2. The first-order valence-electron chi connectivity index (χ1n) is 7.53. The topological polar surface area (TPSA) is 94.0 Å². The molecule has 0 radical (unpaired) electrons. The van der Waals surface area contributed by atoms with Gasteiger partial charge in [0.1, 0.15) is 0 Å². The number of nitrogens with one attached hydrogen (secondary N) is 3. The van der Waals surface area contributed by atoms with Gasteiger partial charge in [-0.05, 0) is 36.2 Å². The number of rotatable bonds is 6. The molecular weight excluding hydrogens is 304 g/mol. The molecule has 0 spiro atoms. The predicted molar refractivity (Wildman–Crippen MR) is 91.3 cm³/mol. The van der Waals surface area contributed by atoms with E-state index in [1.807, 2.05) is 30.3 Å². The van der Waals surface area contributed by atoms with E-state index >= 15 is 0 Å². The molecule has 122 valence electrons. The molecule has 2 aromatic carbocycles. The van der Waals surface area contributed by atoms with Gasteiger partial charge in [0, 0.05) is 12.2 Å². The Balaban J connectivity index is 1.66. The van der Waals surface area contributed by atoms with E-state index in [2.05, 4.69) is 22.0 Å². The molecule has 3 N–H and O–H groups in total. The summed E-state index contributed by atoms with van der Waals surface area (Å²) < 4.78 is 0. The van der Waals surface area contributed by atoms with Gasteiger partial charge in [0.05, 0.1) is 18.2 Å². The molecular formula is C18H18N4O2. The van der Waals surface area contributed by atoms with Gasteiger partial charge in [-0.3, -0.25) is 4.79 Å². The number of benzene rings is 2. The summed E-state index contributed by atoms with van der Waals surface area (Å²) in [6.07, 6.45) is 0.610. The number of para-hydroxylation sites is 1. The SMILES string of the molecule is N#Cc1cccc(CCNC(=O)NCC(=O)Nc2ccccc2)c1. The van der Waals surface area contributed by atoms with Crippen LogP contribution in [0.15, 0.2) is 54.6 Å². The number of amides is 3. The Labute approximate surface area is 140 Å². The van der Waals surface area contributed by atoms with E-state index in [1.165, 1.54) is 0 Å². The fourth-order valence-electron chi connectivity index (χ4n) is 2.07. The molecule has 0 aliphatic heterocycles. The second-order valence-corrected chi connectivity index (χ2v) is 5.09. The van der Waals surface area contributed by atoms with Gasteiger partial charge in [-0.25, -0.2) is 4.79 Å². The van der Waals surface area contributed by atoms with Crippen molar-refractivity contribution in [2.45, 2.75) is 6.42 Å². The molecule has 0 fully saturated rings. The number of anilines is 1. The van der Waals surface area contributed by atoms with Gasteiger partial charge in [-0.15, -0.1) is 0 Å². The Bertz CT molecular complexity index is 738. The van der Waals surface area contributed by atoms with Crippen LogP contribution in [0.5, 0.6) is 0 Å². The monoisotopic (exact) mass is 322 g/mol. The molecule has 2 rings (SSSR count). The van der Waals surface area contributed by atoms with E-state index in [-0.39, 0.29) is 12.5 Å². The molecule has 6 nitrogen and oxygen atoms in total. The van der Waals surface area contributed by atoms with Crippen LogP contribution in [-0.4, -0.2) is 25.0 Å². The second-order valence-electron chi connectivity index (χ2n) is 5.09. The summed E-state index contributed by atoms with van der Waals surface area (Å²) in [6.45, 7) is 0.311. The van der Waals surface area contributed by atoms with Crippen molar-refractivity contribution in [3.8, 4) is 6.07 Å². The lowest BCUT2D eigenvalue weighted by molar-refractivity contribution is -0.115. The van der Waals surface area contributed by atoms with Crippen molar-refractivity contribution in [1.29, 1.82) is 5.26 Å². The average Bonchev–Trinajstić information content (AvgIpc) is 2.61. The summed E-state index contributed by atoms with van der Waals surface area (Å²) in [5, 5.41) is 16.7. The van der Waals surface area contributed by atoms with Crippen LogP contribution in [0.3, 0.4) is 0 Å². The van der Waals surface area contributed by atoms with Crippen molar-refractivity contribution in [2.75, 3.05) is 18.4 Å².